The maximum atomic E-state index is 6.24. The molecule has 114 valence electrons. The Bertz CT molecular complexity index is 478. The first-order valence-electron chi connectivity index (χ1n) is 8.21. The lowest BCUT2D eigenvalue weighted by atomic mass is 9.88. The van der Waals surface area contributed by atoms with Gasteiger partial charge in [-0.05, 0) is 44.2 Å². The summed E-state index contributed by atoms with van der Waals surface area (Å²) in [4.78, 5) is 11.1. The topological polar surface area (TPSA) is 50.3 Å². The average Bonchev–Trinajstić information content (AvgIpc) is 3.23. The summed E-state index contributed by atoms with van der Waals surface area (Å²) >= 11 is 0. The van der Waals surface area contributed by atoms with Crippen LogP contribution in [0.2, 0.25) is 0 Å². The van der Waals surface area contributed by atoms with Crippen LogP contribution in [-0.2, 0) is 4.74 Å². The van der Waals surface area contributed by atoms with Crippen LogP contribution in [0.25, 0.3) is 0 Å². The molecular formula is C16H24N4O. The molecule has 1 aromatic heterocycles. The number of rotatable bonds is 4. The lowest BCUT2D eigenvalue weighted by Crippen LogP contribution is -2.48. The molecule has 0 aromatic carbocycles. The van der Waals surface area contributed by atoms with Crippen molar-refractivity contribution in [1.82, 2.24) is 14.9 Å². The first kappa shape index (κ1) is 13.5. The van der Waals surface area contributed by atoms with Gasteiger partial charge in [0.15, 0.2) is 0 Å². The molecule has 3 aliphatic rings. The van der Waals surface area contributed by atoms with Crippen molar-refractivity contribution in [2.75, 3.05) is 31.6 Å². The fourth-order valence-electron chi connectivity index (χ4n) is 3.79. The predicted molar refractivity (Wildman–Crippen MR) is 81.1 cm³/mol. The van der Waals surface area contributed by atoms with E-state index < -0.39 is 0 Å². The second-order valence-electron chi connectivity index (χ2n) is 6.89. The van der Waals surface area contributed by atoms with E-state index in [1.54, 1.807) is 12.4 Å². The lowest BCUT2D eigenvalue weighted by Gasteiger charge is -2.39. The Morgan fingerprint density at radius 3 is 3.00 bits per heavy atom. The molecule has 1 aliphatic carbocycles. The molecule has 5 nitrogen and oxygen atoms in total. The molecule has 0 bridgehead atoms. The third kappa shape index (κ3) is 3.19. The highest BCUT2D eigenvalue weighted by atomic mass is 16.5. The molecule has 0 amide bonds. The number of hydrogen-bond acceptors (Lipinski definition) is 5. The monoisotopic (exact) mass is 288 g/mol. The number of aromatic nitrogens is 2. The number of ether oxygens (including phenoxy) is 1. The predicted octanol–water partition coefficient (Wildman–Crippen LogP) is 1.92. The van der Waals surface area contributed by atoms with Crippen molar-refractivity contribution in [3.8, 4) is 0 Å². The Labute approximate surface area is 126 Å². The number of likely N-dealkylation sites (tertiary alicyclic amines) is 1. The van der Waals surface area contributed by atoms with Gasteiger partial charge in [0.05, 0.1) is 18.2 Å². The summed E-state index contributed by atoms with van der Waals surface area (Å²) in [5, 5.41) is 3.41. The lowest BCUT2D eigenvalue weighted by molar-refractivity contribution is -0.0521. The molecule has 4 rings (SSSR count). The Hall–Kier alpha value is -1.20. The van der Waals surface area contributed by atoms with Crippen molar-refractivity contribution in [2.24, 2.45) is 5.92 Å². The van der Waals surface area contributed by atoms with Gasteiger partial charge < -0.3 is 15.0 Å². The summed E-state index contributed by atoms with van der Waals surface area (Å²) in [6.07, 6.45) is 9.95. The van der Waals surface area contributed by atoms with Crippen molar-refractivity contribution >= 4 is 5.95 Å². The fraction of sp³-hybridized carbons (Fsp3) is 0.750. The number of nitrogens with zero attached hydrogens (tertiary/aromatic N) is 3. The molecule has 0 unspecified atom stereocenters. The van der Waals surface area contributed by atoms with Gasteiger partial charge in [0.25, 0.3) is 0 Å². The minimum absolute atomic E-state index is 0.0690. The third-order valence-corrected chi connectivity index (χ3v) is 4.94. The molecule has 1 aromatic rings. The molecule has 21 heavy (non-hydrogen) atoms. The fourth-order valence-corrected chi connectivity index (χ4v) is 3.79. The van der Waals surface area contributed by atoms with Gasteiger partial charge in [0.1, 0.15) is 0 Å². The van der Waals surface area contributed by atoms with Crippen LogP contribution in [0.1, 0.15) is 32.1 Å². The number of anilines is 1. The van der Waals surface area contributed by atoms with Crippen molar-refractivity contribution in [3.63, 3.8) is 0 Å². The van der Waals surface area contributed by atoms with E-state index >= 15 is 0 Å². The molecule has 3 heterocycles. The molecule has 3 fully saturated rings. The SMILES string of the molecule is c1cnc(N[C@@H]2CO[C@@]3(CCCN(CC4CC4)C3)C2)nc1. The molecule has 5 heteroatoms. The van der Waals surface area contributed by atoms with Gasteiger partial charge >= 0.3 is 0 Å². The van der Waals surface area contributed by atoms with E-state index in [9.17, 15) is 0 Å². The summed E-state index contributed by atoms with van der Waals surface area (Å²) in [6.45, 7) is 4.42. The van der Waals surface area contributed by atoms with Crippen molar-refractivity contribution in [2.45, 2.75) is 43.7 Å². The summed E-state index contributed by atoms with van der Waals surface area (Å²) in [5.74, 6) is 1.68. The second kappa shape index (κ2) is 5.54. The van der Waals surface area contributed by atoms with Gasteiger partial charge in [0.2, 0.25) is 5.95 Å². The number of hydrogen-bond donors (Lipinski definition) is 1. The first-order chi connectivity index (χ1) is 10.3. The van der Waals surface area contributed by atoms with Gasteiger partial charge in [-0.1, -0.05) is 0 Å². The third-order valence-electron chi connectivity index (χ3n) is 4.94. The molecule has 1 spiro atoms. The minimum atomic E-state index is 0.0690. The van der Waals surface area contributed by atoms with Crippen LogP contribution in [0, 0.1) is 5.92 Å². The highest BCUT2D eigenvalue weighted by Crippen LogP contribution is 2.37. The Morgan fingerprint density at radius 1 is 1.33 bits per heavy atom. The first-order valence-corrected chi connectivity index (χ1v) is 8.21. The largest absolute Gasteiger partial charge is 0.371 e. The zero-order chi connectivity index (χ0) is 14.1. The molecule has 0 radical (unpaired) electrons. The summed E-state index contributed by atoms with van der Waals surface area (Å²) in [7, 11) is 0. The van der Waals surface area contributed by atoms with Crippen molar-refractivity contribution in [3.05, 3.63) is 18.5 Å². The van der Waals surface area contributed by atoms with E-state index in [0.29, 0.717) is 12.0 Å². The maximum absolute atomic E-state index is 6.24. The van der Waals surface area contributed by atoms with Gasteiger partial charge in [-0.25, -0.2) is 9.97 Å². The van der Waals surface area contributed by atoms with E-state index in [-0.39, 0.29) is 5.60 Å². The van der Waals surface area contributed by atoms with Crippen LogP contribution in [0.4, 0.5) is 5.95 Å². The molecule has 2 aliphatic heterocycles. The number of piperidine rings is 1. The van der Waals surface area contributed by atoms with Crippen molar-refractivity contribution in [1.29, 1.82) is 0 Å². The standard InChI is InChI=1S/C16H24N4O/c1-5-16(12-20(8-1)10-13-3-4-13)9-14(11-21-16)19-15-17-6-2-7-18-15/h2,6-7,13-14H,1,3-5,8-12H2,(H,17,18,19)/t14-,16-/m0/s1. The van der Waals surface area contributed by atoms with E-state index in [4.69, 9.17) is 4.74 Å². The zero-order valence-electron chi connectivity index (χ0n) is 12.5. The second-order valence-corrected chi connectivity index (χ2v) is 6.89. The molecule has 1 saturated carbocycles. The number of nitrogens with one attached hydrogen (secondary N) is 1. The molecule has 2 saturated heterocycles. The molecule has 2 atom stereocenters. The van der Waals surface area contributed by atoms with Crippen LogP contribution in [-0.4, -0.2) is 52.8 Å². The smallest absolute Gasteiger partial charge is 0.222 e. The molecular weight excluding hydrogens is 264 g/mol. The normalized spacial score (nSPS) is 33.4. The van der Waals surface area contributed by atoms with Crippen LogP contribution in [0.3, 0.4) is 0 Å². The summed E-state index contributed by atoms with van der Waals surface area (Å²) in [5.41, 5.74) is 0.0690. The van der Waals surface area contributed by atoms with Gasteiger partial charge in [-0.3, -0.25) is 0 Å². The van der Waals surface area contributed by atoms with Crippen molar-refractivity contribution < 1.29 is 4.74 Å². The summed E-state index contributed by atoms with van der Waals surface area (Å²) in [6, 6.07) is 2.18. The van der Waals surface area contributed by atoms with Crippen LogP contribution in [0.5, 0.6) is 0 Å². The Morgan fingerprint density at radius 2 is 2.19 bits per heavy atom. The van der Waals surface area contributed by atoms with Gasteiger partial charge in [0, 0.05) is 31.9 Å². The summed E-state index contributed by atoms with van der Waals surface area (Å²) < 4.78 is 6.24. The van der Waals surface area contributed by atoms with Crippen LogP contribution >= 0.6 is 0 Å². The van der Waals surface area contributed by atoms with Crippen LogP contribution in [0.15, 0.2) is 18.5 Å². The van der Waals surface area contributed by atoms with E-state index in [0.717, 1.165) is 25.5 Å². The highest BCUT2D eigenvalue weighted by Gasteiger charge is 2.44. The van der Waals surface area contributed by atoms with Gasteiger partial charge in [-0.2, -0.15) is 0 Å². The Balaban J connectivity index is 1.35. The van der Waals surface area contributed by atoms with Gasteiger partial charge in [-0.15, -0.1) is 0 Å². The Kier molecular flexibility index (Phi) is 3.55. The maximum Gasteiger partial charge on any atom is 0.222 e. The van der Waals surface area contributed by atoms with E-state index in [2.05, 4.69) is 20.2 Å². The van der Waals surface area contributed by atoms with E-state index in [1.807, 2.05) is 6.07 Å². The minimum Gasteiger partial charge on any atom is -0.371 e. The molecule has 1 N–H and O–H groups in total. The zero-order valence-corrected chi connectivity index (χ0v) is 12.5. The quantitative estimate of drug-likeness (QED) is 0.917. The van der Waals surface area contributed by atoms with E-state index in [1.165, 1.54) is 38.8 Å². The van der Waals surface area contributed by atoms with Crippen LogP contribution < -0.4 is 5.32 Å². The average molecular weight is 288 g/mol. The highest BCUT2D eigenvalue weighted by molar-refractivity contribution is 5.25.